The fourth-order valence-corrected chi connectivity index (χ4v) is 4.87. The maximum absolute atomic E-state index is 12.6. The summed E-state index contributed by atoms with van der Waals surface area (Å²) in [4.78, 5) is 12.4. The Balaban J connectivity index is 1.55. The highest BCUT2D eigenvalue weighted by molar-refractivity contribution is 7.88. The Morgan fingerprint density at radius 2 is 1.48 bits per heavy atom. The number of hydrogen-bond acceptors (Lipinski definition) is 3. The third kappa shape index (κ3) is 5.45. The summed E-state index contributed by atoms with van der Waals surface area (Å²) >= 11 is 11.7. The summed E-state index contributed by atoms with van der Waals surface area (Å²) in [6.07, 6.45) is 0.999. The Morgan fingerprint density at radius 1 is 0.963 bits per heavy atom. The minimum Gasteiger partial charge on any atom is -0.326 e. The second-order valence-corrected chi connectivity index (χ2v) is 9.39. The number of benzene rings is 2. The predicted octanol–water partition coefficient (Wildman–Crippen LogP) is 4.17. The Morgan fingerprint density at radius 3 is 2.04 bits per heavy atom. The van der Waals surface area contributed by atoms with E-state index in [2.05, 4.69) is 5.32 Å². The van der Waals surface area contributed by atoms with E-state index in [4.69, 9.17) is 23.2 Å². The molecule has 3 rings (SSSR count). The number of nitrogens with one attached hydrogen (secondary N) is 1. The molecule has 2 aromatic carbocycles. The van der Waals surface area contributed by atoms with Crippen LogP contribution in [-0.4, -0.2) is 31.7 Å². The zero-order chi connectivity index (χ0) is 19.4. The van der Waals surface area contributed by atoms with Crippen molar-refractivity contribution in [2.45, 2.75) is 18.6 Å². The van der Waals surface area contributed by atoms with Crippen molar-refractivity contribution in [3.8, 4) is 0 Å². The molecule has 0 aliphatic carbocycles. The largest absolute Gasteiger partial charge is 0.326 e. The molecule has 0 atom stereocenters. The first kappa shape index (κ1) is 20.1. The lowest BCUT2D eigenvalue weighted by atomic mass is 9.97. The summed E-state index contributed by atoms with van der Waals surface area (Å²) in [6.45, 7) is 0.684. The fourth-order valence-electron chi connectivity index (χ4n) is 3.06. The van der Waals surface area contributed by atoms with Gasteiger partial charge in [0.05, 0.1) is 5.75 Å². The molecule has 1 amide bonds. The molecule has 0 saturated carbocycles. The topological polar surface area (TPSA) is 66.5 Å². The van der Waals surface area contributed by atoms with Crippen LogP contribution in [-0.2, 0) is 20.6 Å². The van der Waals surface area contributed by atoms with E-state index in [0.717, 1.165) is 0 Å². The zero-order valence-corrected chi connectivity index (χ0v) is 16.9. The minimum atomic E-state index is -3.42. The molecule has 1 heterocycles. The lowest BCUT2D eigenvalue weighted by Gasteiger charge is -2.30. The Kier molecular flexibility index (Phi) is 6.42. The molecule has 1 aliphatic heterocycles. The van der Waals surface area contributed by atoms with Crippen LogP contribution < -0.4 is 5.32 Å². The standard InChI is InChI=1S/C19H20Cl2N2O3S/c20-16-3-1-14(2-4-16)13-27(25,26)23-11-9-15(10-12-23)19(24)22-18-7-5-17(21)6-8-18/h1-8,15H,9-13H2,(H,22,24). The van der Waals surface area contributed by atoms with E-state index < -0.39 is 10.0 Å². The summed E-state index contributed by atoms with van der Waals surface area (Å²) < 4.78 is 26.7. The maximum atomic E-state index is 12.6. The number of amides is 1. The van der Waals surface area contributed by atoms with E-state index >= 15 is 0 Å². The number of hydrogen-bond donors (Lipinski definition) is 1. The van der Waals surface area contributed by atoms with Crippen molar-refractivity contribution in [1.82, 2.24) is 4.31 Å². The van der Waals surface area contributed by atoms with Crippen LogP contribution in [0.4, 0.5) is 5.69 Å². The lowest BCUT2D eigenvalue weighted by molar-refractivity contribution is -0.120. The van der Waals surface area contributed by atoms with Crippen molar-refractivity contribution in [1.29, 1.82) is 0 Å². The van der Waals surface area contributed by atoms with Crippen LogP contribution in [0.2, 0.25) is 10.0 Å². The minimum absolute atomic E-state index is 0.0637. The van der Waals surface area contributed by atoms with Crippen LogP contribution in [0, 0.1) is 5.92 Å². The van der Waals surface area contributed by atoms with Gasteiger partial charge in [0.25, 0.3) is 0 Å². The van der Waals surface area contributed by atoms with Gasteiger partial charge in [0, 0.05) is 34.7 Å². The number of nitrogens with zero attached hydrogens (tertiary/aromatic N) is 1. The number of piperidine rings is 1. The normalized spacial score (nSPS) is 16.2. The van der Waals surface area contributed by atoms with Crippen molar-refractivity contribution >= 4 is 44.8 Å². The van der Waals surface area contributed by atoms with Gasteiger partial charge in [-0.3, -0.25) is 4.79 Å². The van der Waals surface area contributed by atoms with Crippen LogP contribution >= 0.6 is 23.2 Å². The first-order valence-electron chi connectivity index (χ1n) is 8.62. The van der Waals surface area contributed by atoms with E-state index in [0.29, 0.717) is 47.2 Å². The summed E-state index contributed by atoms with van der Waals surface area (Å²) in [5.74, 6) is -0.360. The molecule has 5 nitrogen and oxygen atoms in total. The van der Waals surface area contributed by atoms with Crippen LogP contribution in [0.1, 0.15) is 18.4 Å². The number of sulfonamides is 1. The molecule has 144 valence electrons. The second kappa shape index (κ2) is 8.61. The molecule has 0 unspecified atom stereocenters. The SMILES string of the molecule is O=C(Nc1ccc(Cl)cc1)C1CCN(S(=O)(=O)Cc2ccc(Cl)cc2)CC1. The molecule has 0 bridgehead atoms. The predicted molar refractivity (Wildman–Crippen MR) is 108 cm³/mol. The molecule has 0 radical (unpaired) electrons. The molecule has 0 spiro atoms. The monoisotopic (exact) mass is 426 g/mol. The smallest absolute Gasteiger partial charge is 0.227 e. The van der Waals surface area contributed by atoms with E-state index in [1.807, 2.05) is 0 Å². The number of carbonyl (C=O) groups excluding carboxylic acids is 1. The molecule has 27 heavy (non-hydrogen) atoms. The van der Waals surface area contributed by atoms with Gasteiger partial charge in [0.1, 0.15) is 0 Å². The van der Waals surface area contributed by atoms with Gasteiger partial charge in [-0.2, -0.15) is 0 Å². The van der Waals surface area contributed by atoms with Crippen molar-refractivity contribution in [2.24, 2.45) is 5.92 Å². The third-order valence-electron chi connectivity index (χ3n) is 4.59. The summed E-state index contributed by atoms with van der Waals surface area (Å²) in [6, 6.07) is 13.7. The van der Waals surface area contributed by atoms with Gasteiger partial charge in [0.15, 0.2) is 0 Å². The Labute approximate surface area is 169 Å². The maximum Gasteiger partial charge on any atom is 0.227 e. The van der Waals surface area contributed by atoms with Gasteiger partial charge in [-0.1, -0.05) is 35.3 Å². The molecule has 1 fully saturated rings. The number of halogens is 2. The molecule has 2 aromatic rings. The molecular weight excluding hydrogens is 407 g/mol. The van der Waals surface area contributed by atoms with Crippen LogP contribution in [0.5, 0.6) is 0 Å². The Bertz CT molecular complexity index is 892. The molecule has 1 saturated heterocycles. The average molecular weight is 427 g/mol. The van der Waals surface area contributed by atoms with Gasteiger partial charge in [-0.25, -0.2) is 12.7 Å². The van der Waals surface area contributed by atoms with E-state index in [1.165, 1.54) is 4.31 Å². The van der Waals surface area contributed by atoms with Gasteiger partial charge in [-0.15, -0.1) is 0 Å². The highest BCUT2D eigenvalue weighted by Gasteiger charge is 2.31. The Hall–Kier alpha value is -1.60. The highest BCUT2D eigenvalue weighted by Crippen LogP contribution is 2.24. The van der Waals surface area contributed by atoms with Crippen LogP contribution in [0.15, 0.2) is 48.5 Å². The molecule has 1 aliphatic rings. The number of rotatable bonds is 5. The van der Waals surface area contributed by atoms with E-state index in [9.17, 15) is 13.2 Å². The highest BCUT2D eigenvalue weighted by atomic mass is 35.5. The van der Waals surface area contributed by atoms with Crippen molar-refractivity contribution in [3.63, 3.8) is 0 Å². The zero-order valence-electron chi connectivity index (χ0n) is 14.6. The third-order valence-corrected chi connectivity index (χ3v) is 6.95. The first-order chi connectivity index (χ1) is 12.8. The number of anilines is 1. The molecule has 1 N–H and O–H groups in total. The summed E-state index contributed by atoms with van der Waals surface area (Å²) in [5, 5.41) is 4.04. The van der Waals surface area contributed by atoms with Gasteiger partial charge in [-0.05, 0) is 54.8 Å². The van der Waals surface area contributed by atoms with E-state index in [1.54, 1.807) is 48.5 Å². The molecule has 0 aromatic heterocycles. The van der Waals surface area contributed by atoms with Gasteiger partial charge < -0.3 is 5.32 Å². The van der Waals surface area contributed by atoms with Crippen LogP contribution in [0.25, 0.3) is 0 Å². The summed E-state index contributed by atoms with van der Waals surface area (Å²) in [7, 11) is -3.42. The second-order valence-electron chi connectivity index (χ2n) is 6.55. The van der Waals surface area contributed by atoms with Crippen molar-refractivity contribution in [3.05, 3.63) is 64.1 Å². The molecule has 8 heteroatoms. The quantitative estimate of drug-likeness (QED) is 0.779. The van der Waals surface area contributed by atoms with Crippen molar-refractivity contribution < 1.29 is 13.2 Å². The molecular formula is C19H20Cl2N2O3S. The first-order valence-corrected chi connectivity index (χ1v) is 11.0. The summed E-state index contributed by atoms with van der Waals surface area (Å²) in [5.41, 5.74) is 1.38. The van der Waals surface area contributed by atoms with Crippen molar-refractivity contribution in [2.75, 3.05) is 18.4 Å². The number of carbonyl (C=O) groups is 1. The van der Waals surface area contributed by atoms with Gasteiger partial charge in [0.2, 0.25) is 15.9 Å². The fraction of sp³-hybridized carbons (Fsp3) is 0.316. The average Bonchev–Trinajstić information content (AvgIpc) is 2.65. The van der Waals surface area contributed by atoms with Crippen LogP contribution in [0.3, 0.4) is 0 Å². The van der Waals surface area contributed by atoms with E-state index in [-0.39, 0.29) is 17.6 Å². The van der Waals surface area contributed by atoms with Gasteiger partial charge >= 0.3 is 0 Å². The lowest BCUT2D eigenvalue weighted by Crippen LogP contribution is -2.41.